The quantitative estimate of drug-likeness (QED) is 0.404. The van der Waals surface area contributed by atoms with Crippen molar-refractivity contribution in [1.82, 2.24) is 9.62 Å². The third-order valence-corrected chi connectivity index (χ3v) is 2.95. The van der Waals surface area contributed by atoms with Gasteiger partial charge in [-0.2, -0.15) is 12.6 Å². The van der Waals surface area contributed by atoms with Crippen molar-refractivity contribution in [2.45, 2.75) is 13.3 Å². The zero-order chi connectivity index (χ0) is 12.3. The van der Waals surface area contributed by atoms with Gasteiger partial charge in [0.2, 0.25) is 0 Å². The van der Waals surface area contributed by atoms with Gasteiger partial charge < -0.3 is 9.62 Å². The van der Waals surface area contributed by atoms with Crippen molar-refractivity contribution in [2.75, 3.05) is 18.8 Å². The molecule has 0 saturated heterocycles. The average Bonchev–Trinajstić information content (AvgIpc) is 2.17. The molecule has 0 aromatic heterocycles. The molecular formula is C7H16N2S6. The van der Waals surface area contributed by atoms with Crippen LogP contribution < -0.4 is 5.32 Å². The molecule has 0 rings (SSSR count). The molecule has 8 heteroatoms. The lowest BCUT2D eigenvalue weighted by molar-refractivity contribution is 0.678. The van der Waals surface area contributed by atoms with E-state index in [0.29, 0.717) is 21.7 Å². The summed E-state index contributed by atoms with van der Waals surface area (Å²) in [5.41, 5.74) is 0. The molecule has 0 spiro atoms. The first-order valence-electron chi connectivity index (χ1n) is 4.22. The van der Waals surface area contributed by atoms with Crippen LogP contribution >= 0.6 is 75.1 Å². The van der Waals surface area contributed by atoms with Crippen molar-refractivity contribution < 1.29 is 0 Å². The van der Waals surface area contributed by atoms with Crippen LogP contribution in [0.1, 0.15) is 13.3 Å². The van der Waals surface area contributed by atoms with Crippen LogP contribution in [0.4, 0.5) is 0 Å². The largest absolute Gasteiger partial charge is 0.369 e. The van der Waals surface area contributed by atoms with Crippen molar-refractivity contribution in [1.29, 1.82) is 0 Å². The normalized spacial score (nSPS) is 8.60. The standard InChI is InChI=1S/C4H8N2S5.C3H8S/c7-3(8)5-1-2-6(11)4(9)10;1-2-3-4/h11H,1-2H2,(H,9,10)(H2,5,7,8);4H,2-3H2,1H3. The fourth-order valence-corrected chi connectivity index (χ4v) is 0.870. The Hall–Kier alpha value is 1.18. The number of nitrogens with zero attached hydrogens (tertiary/aromatic N) is 1. The molecular weight excluding hydrogens is 304 g/mol. The molecule has 0 saturated carbocycles. The average molecular weight is 321 g/mol. The summed E-state index contributed by atoms with van der Waals surface area (Å²) in [6.07, 6.45) is 1.18. The summed E-state index contributed by atoms with van der Waals surface area (Å²) in [5, 5.41) is 2.84. The molecule has 1 N–H and O–H groups in total. The molecule has 0 heterocycles. The molecule has 15 heavy (non-hydrogen) atoms. The molecule has 0 atom stereocenters. The van der Waals surface area contributed by atoms with E-state index >= 15 is 0 Å². The van der Waals surface area contributed by atoms with E-state index in [2.05, 4.69) is 75.2 Å². The van der Waals surface area contributed by atoms with Gasteiger partial charge in [0.05, 0.1) is 0 Å². The van der Waals surface area contributed by atoms with Gasteiger partial charge in [-0.1, -0.05) is 44.2 Å². The van der Waals surface area contributed by atoms with Crippen LogP contribution in [0.2, 0.25) is 0 Å². The topological polar surface area (TPSA) is 15.3 Å². The first-order chi connectivity index (χ1) is 6.95. The maximum Gasteiger partial charge on any atom is 0.143 e. The summed E-state index contributed by atoms with van der Waals surface area (Å²) in [6.45, 7) is 3.41. The smallest absolute Gasteiger partial charge is 0.143 e. The van der Waals surface area contributed by atoms with Crippen molar-refractivity contribution in [3.8, 4) is 0 Å². The van der Waals surface area contributed by atoms with Crippen LogP contribution in [0.5, 0.6) is 0 Å². The third kappa shape index (κ3) is 17.8. The minimum atomic E-state index is 0.445. The highest BCUT2D eigenvalue weighted by Crippen LogP contribution is 1.98. The summed E-state index contributed by atoms with van der Waals surface area (Å²) >= 11 is 25.2. The second-order valence-corrected chi connectivity index (χ2v) is 5.56. The fourth-order valence-electron chi connectivity index (χ4n) is 0.364. The van der Waals surface area contributed by atoms with E-state index in [1.54, 1.807) is 0 Å². The fraction of sp³-hybridized carbons (Fsp3) is 0.714. The van der Waals surface area contributed by atoms with E-state index in [1.165, 1.54) is 10.7 Å². The number of thiocarbonyl (C=S) groups is 2. The predicted octanol–water partition coefficient (Wildman–Crippen LogP) is 2.48. The Balaban J connectivity index is 0. The van der Waals surface area contributed by atoms with E-state index in [0.717, 1.165) is 5.75 Å². The van der Waals surface area contributed by atoms with Gasteiger partial charge in [0.15, 0.2) is 0 Å². The molecule has 0 unspecified atom stereocenters. The highest BCUT2D eigenvalue weighted by Gasteiger charge is 1.98. The summed E-state index contributed by atoms with van der Waals surface area (Å²) < 4.78 is 2.45. The lowest BCUT2D eigenvalue weighted by atomic mass is 10.6. The molecule has 90 valence electrons. The Morgan fingerprint density at radius 1 is 1.33 bits per heavy atom. The van der Waals surface area contributed by atoms with Gasteiger partial charge in [-0.15, -0.1) is 25.3 Å². The first-order valence-corrected chi connectivity index (χ1v) is 6.97. The van der Waals surface area contributed by atoms with Gasteiger partial charge in [0.1, 0.15) is 8.64 Å². The minimum absolute atomic E-state index is 0.445. The van der Waals surface area contributed by atoms with E-state index in [9.17, 15) is 0 Å². The molecule has 0 aromatic rings. The Kier molecular flexibility index (Phi) is 16.4. The van der Waals surface area contributed by atoms with Crippen LogP contribution in [-0.4, -0.2) is 31.8 Å². The Morgan fingerprint density at radius 3 is 2.07 bits per heavy atom. The molecule has 0 aliphatic carbocycles. The Morgan fingerprint density at radius 2 is 1.80 bits per heavy atom. The highest BCUT2D eigenvalue weighted by molar-refractivity contribution is 8.12. The van der Waals surface area contributed by atoms with Crippen LogP contribution in [0.25, 0.3) is 0 Å². The predicted molar refractivity (Wildman–Crippen MR) is 91.0 cm³/mol. The Bertz CT molecular complexity index is 184. The second kappa shape index (κ2) is 13.2. The van der Waals surface area contributed by atoms with Crippen molar-refractivity contribution in [3.05, 3.63) is 0 Å². The number of thiol groups is 4. The molecule has 0 bridgehead atoms. The lowest BCUT2D eigenvalue weighted by Crippen LogP contribution is -2.28. The van der Waals surface area contributed by atoms with Crippen LogP contribution in [-0.2, 0) is 0 Å². The summed E-state index contributed by atoms with van der Waals surface area (Å²) in [4.78, 5) is 0. The summed E-state index contributed by atoms with van der Waals surface area (Å²) in [6, 6.07) is 0. The highest BCUT2D eigenvalue weighted by atomic mass is 32.1. The van der Waals surface area contributed by atoms with E-state index in [-0.39, 0.29) is 0 Å². The number of hydrogen-bond donors (Lipinski definition) is 5. The van der Waals surface area contributed by atoms with Crippen molar-refractivity contribution in [3.63, 3.8) is 0 Å². The first kappa shape index (κ1) is 18.5. The third-order valence-electron chi connectivity index (χ3n) is 1.04. The van der Waals surface area contributed by atoms with E-state index in [4.69, 9.17) is 12.2 Å². The van der Waals surface area contributed by atoms with Crippen molar-refractivity contribution >= 4 is 83.8 Å². The lowest BCUT2D eigenvalue weighted by Gasteiger charge is -2.14. The molecule has 0 radical (unpaired) electrons. The van der Waals surface area contributed by atoms with Gasteiger partial charge >= 0.3 is 0 Å². The minimum Gasteiger partial charge on any atom is -0.369 e. The summed E-state index contributed by atoms with van der Waals surface area (Å²) in [5.74, 6) is 1.01. The van der Waals surface area contributed by atoms with Crippen LogP contribution in [0, 0.1) is 0 Å². The van der Waals surface area contributed by atoms with Gasteiger partial charge in [-0.25, -0.2) is 0 Å². The maximum atomic E-state index is 4.73. The zero-order valence-electron chi connectivity index (χ0n) is 8.38. The zero-order valence-corrected chi connectivity index (χ0v) is 13.6. The molecule has 0 aliphatic rings. The SMILES string of the molecule is CCCS.S=C(S)NCCN(S)C(=S)S. The van der Waals surface area contributed by atoms with Gasteiger partial charge in [0, 0.05) is 13.1 Å². The van der Waals surface area contributed by atoms with E-state index < -0.39 is 0 Å². The molecule has 0 aliphatic heterocycles. The number of rotatable bonds is 4. The van der Waals surface area contributed by atoms with E-state index in [1.807, 2.05) is 0 Å². The number of hydrogen-bond acceptors (Lipinski definition) is 4. The van der Waals surface area contributed by atoms with Gasteiger partial charge in [-0.05, 0) is 12.2 Å². The molecule has 0 amide bonds. The molecule has 0 fully saturated rings. The van der Waals surface area contributed by atoms with Crippen LogP contribution in [0.15, 0.2) is 0 Å². The van der Waals surface area contributed by atoms with Crippen LogP contribution in [0.3, 0.4) is 0 Å². The van der Waals surface area contributed by atoms with Gasteiger partial charge in [-0.3, -0.25) is 0 Å². The molecule has 2 nitrogen and oxygen atoms in total. The maximum absolute atomic E-state index is 4.73. The number of nitrogens with one attached hydrogen (secondary N) is 1. The second-order valence-electron chi connectivity index (χ2n) is 2.36. The van der Waals surface area contributed by atoms with Crippen molar-refractivity contribution in [2.24, 2.45) is 0 Å². The summed E-state index contributed by atoms with van der Waals surface area (Å²) in [7, 11) is 0. The Labute approximate surface area is 125 Å². The molecule has 0 aromatic carbocycles. The monoisotopic (exact) mass is 320 g/mol. The van der Waals surface area contributed by atoms with Gasteiger partial charge in [0.25, 0.3) is 0 Å².